The zero-order valence-electron chi connectivity index (χ0n) is 17.0. The number of methoxy groups -OCH3 is 1. The lowest BCUT2D eigenvalue weighted by Crippen LogP contribution is -2.38. The Morgan fingerprint density at radius 3 is 2.68 bits per heavy atom. The van der Waals surface area contributed by atoms with Crippen LogP contribution in [-0.4, -0.2) is 30.6 Å². The normalized spacial score (nSPS) is 21.2. The Kier molecular flexibility index (Phi) is 5.24. The van der Waals surface area contributed by atoms with Gasteiger partial charge in [-0.1, -0.05) is 26.0 Å². The Bertz CT molecular complexity index is 894. The lowest BCUT2D eigenvalue weighted by molar-refractivity contribution is -0.138. The molecule has 6 nitrogen and oxygen atoms in total. The number of ketones is 1. The molecule has 0 aromatic heterocycles. The molecule has 0 radical (unpaired) electrons. The third-order valence-corrected chi connectivity index (χ3v) is 5.30. The van der Waals surface area contributed by atoms with Crippen molar-refractivity contribution in [2.24, 2.45) is 5.41 Å². The van der Waals surface area contributed by atoms with E-state index < -0.39 is 11.9 Å². The van der Waals surface area contributed by atoms with E-state index in [2.05, 4.69) is 5.32 Å². The molecule has 1 aliphatic heterocycles. The number of hydrogen-bond acceptors (Lipinski definition) is 6. The fourth-order valence-corrected chi connectivity index (χ4v) is 4.16. The Hall–Kier alpha value is -2.76. The van der Waals surface area contributed by atoms with Gasteiger partial charge in [0.2, 0.25) is 0 Å². The maximum Gasteiger partial charge on any atom is 0.336 e. The first-order valence-corrected chi connectivity index (χ1v) is 9.47. The largest absolute Gasteiger partial charge is 0.504 e. The summed E-state index contributed by atoms with van der Waals surface area (Å²) < 4.78 is 10.5. The molecule has 150 valence electrons. The van der Waals surface area contributed by atoms with Crippen molar-refractivity contribution < 1.29 is 24.2 Å². The second kappa shape index (κ2) is 7.34. The van der Waals surface area contributed by atoms with Gasteiger partial charge < -0.3 is 19.9 Å². The molecule has 0 unspecified atom stereocenters. The molecule has 1 heterocycles. The third-order valence-electron chi connectivity index (χ3n) is 5.30. The van der Waals surface area contributed by atoms with Crippen molar-refractivity contribution >= 4 is 11.8 Å². The lowest BCUT2D eigenvalue weighted by Gasteiger charge is -2.39. The maximum absolute atomic E-state index is 13.1. The number of benzene rings is 1. The molecule has 0 amide bonds. The number of dihydropyridines is 1. The number of allylic oxidation sites excluding steroid dienone is 3. The van der Waals surface area contributed by atoms with Crippen LogP contribution < -0.4 is 10.1 Å². The van der Waals surface area contributed by atoms with Gasteiger partial charge in [0.05, 0.1) is 25.2 Å². The summed E-state index contributed by atoms with van der Waals surface area (Å²) in [5.41, 5.74) is 2.59. The summed E-state index contributed by atoms with van der Waals surface area (Å²) in [4.78, 5) is 25.9. The minimum atomic E-state index is -0.700. The van der Waals surface area contributed by atoms with Crippen LogP contribution in [0.1, 0.15) is 52.0 Å². The summed E-state index contributed by atoms with van der Waals surface area (Å²) in [6, 6.07) is 5.10. The van der Waals surface area contributed by atoms with Crippen LogP contribution in [0.5, 0.6) is 11.5 Å². The molecule has 2 N–H and O–H groups in total. The standard InChI is InChI=1S/C22H27NO5/c1-6-28-21(26)17-12(2)23-14-10-22(3,4)11-15(24)19(14)18(17)13-8-7-9-16(27-5)20(13)25/h7-9,18,23,25H,6,10-11H2,1-5H3/t18-/m0/s1. The molecule has 0 fully saturated rings. The highest BCUT2D eigenvalue weighted by Gasteiger charge is 2.44. The van der Waals surface area contributed by atoms with E-state index >= 15 is 0 Å². The molecule has 1 atom stereocenters. The fourth-order valence-electron chi connectivity index (χ4n) is 4.16. The molecule has 28 heavy (non-hydrogen) atoms. The van der Waals surface area contributed by atoms with Crippen molar-refractivity contribution in [1.29, 1.82) is 0 Å². The maximum atomic E-state index is 13.1. The van der Waals surface area contributed by atoms with E-state index in [-0.39, 0.29) is 23.6 Å². The van der Waals surface area contributed by atoms with E-state index in [1.165, 1.54) is 7.11 Å². The van der Waals surface area contributed by atoms with Crippen molar-refractivity contribution in [2.45, 2.75) is 46.5 Å². The first-order chi connectivity index (χ1) is 13.2. The number of esters is 1. The van der Waals surface area contributed by atoms with E-state index in [1.54, 1.807) is 32.0 Å². The summed E-state index contributed by atoms with van der Waals surface area (Å²) in [6.45, 7) is 7.86. The molecule has 0 bridgehead atoms. The monoisotopic (exact) mass is 385 g/mol. The Labute approximate surface area is 165 Å². The van der Waals surface area contributed by atoms with Crippen LogP contribution in [-0.2, 0) is 14.3 Å². The van der Waals surface area contributed by atoms with Crippen molar-refractivity contribution in [3.63, 3.8) is 0 Å². The average molecular weight is 385 g/mol. The molecule has 0 saturated carbocycles. The quantitative estimate of drug-likeness (QED) is 0.771. The van der Waals surface area contributed by atoms with Gasteiger partial charge in [0, 0.05) is 29.0 Å². The Balaban J connectivity index is 2.24. The number of rotatable bonds is 4. The van der Waals surface area contributed by atoms with E-state index in [4.69, 9.17) is 9.47 Å². The molecule has 1 aliphatic carbocycles. The second-order valence-electron chi connectivity index (χ2n) is 8.05. The molecular formula is C22H27NO5. The third kappa shape index (κ3) is 3.39. The highest BCUT2D eigenvalue weighted by molar-refractivity contribution is 6.04. The van der Waals surface area contributed by atoms with Crippen LogP contribution in [0.2, 0.25) is 0 Å². The van der Waals surface area contributed by atoms with Crippen LogP contribution in [0, 0.1) is 5.41 Å². The van der Waals surface area contributed by atoms with Crippen molar-refractivity contribution in [3.8, 4) is 11.5 Å². The van der Waals surface area contributed by atoms with Crippen molar-refractivity contribution in [1.82, 2.24) is 5.32 Å². The van der Waals surface area contributed by atoms with Crippen molar-refractivity contribution in [2.75, 3.05) is 13.7 Å². The first kappa shape index (κ1) is 20.0. The fraction of sp³-hybridized carbons (Fsp3) is 0.455. The minimum Gasteiger partial charge on any atom is -0.504 e. The Morgan fingerprint density at radius 2 is 2.04 bits per heavy atom. The summed E-state index contributed by atoms with van der Waals surface area (Å²) >= 11 is 0. The number of hydrogen-bond donors (Lipinski definition) is 2. The van der Waals surface area contributed by atoms with Gasteiger partial charge in [-0.3, -0.25) is 4.79 Å². The van der Waals surface area contributed by atoms with Gasteiger partial charge >= 0.3 is 5.97 Å². The molecular weight excluding hydrogens is 358 g/mol. The molecule has 2 aliphatic rings. The van der Waals surface area contributed by atoms with Crippen molar-refractivity contribution in [3.05, 3.63) is 46.3 Å². The number of phenols is 1. The average Bonchev–Trinajstić information content (AvgIpc) is 2.59. The van der Waals surface area contributed by atoms with Crippen LogP contribution in [0.15, 0.2) is 40.7 Å². The van der Waals surface area contributed by atoms with Crippen LogP contribution in [0.4, 0.5) is 0 Å². The summed E-state index contributed by atoms with van der Waals surface area (Å²) in [6.07, 6.45) is 1.06. The highest BCUT2D eigenvalue weighted by atomic mass is 16.5. The van der Waals surface area contributed by atoms with Crippen LogP contribution >= 0.6 is 0 Å². The second-order valence-corrected chi connectivity index (χ2v) is 8.05. The van der Waals surface area contributed by atoms with Gasteiger partial charge in [0.15, 0.2) is 17.3 Å². The Morgan fingerprint density at radius 1 is 1.32 bits per heavy atom. The summed E-state index contributed by atoms with van der Waals surface area (Å²) in [7, 11) is 1.47. The molecule has 6 heteroatoms. The molecule has 3 rings (SSSR count). The number of carbonyl (C=O) groups is 2. The van der Waals surface area contributed by atoms with E-state index in [0.717, 1.165) is 5.70 Å². The predicted molar refractivity (Wildman–Crippen MR) is 105 cm³/mol. The van der Waals surface area contributed by atoms with E-state index in [0.29, 0.717) is 41.0 Å². The molecule has 0 saturated heterocycles. The number of aromatic hydroxyl groups is 1. The predicted octanol–water partition coefficient (Wildman–Crippen LogP) is 3.57. The number of Topliss-reactive ketones (excluding diaryl/α,β-unsaturated/α-hetero) is 1. The smallest absolute Gasteiger partial charge is 0.336 e. The van der Waals surface area contributed by atoms with Gasteiger partial charge in [-0.25, -0.2) is 4.79 Å². The van der Waals surface area contributed by atoms with Gasteiger partial charge in [0.25, 0.3) is 0 Å². The van der Waals surface area contributed by atoms with Gasteiger partial charge in [0.1, 0.15) is 0 Å². The number of ether oxygens (including phenoxy) is 2. The zero-order valence-corrected chi connectivity index (χ0v) is 17.0. The topological polar surface area (TPSA) is 84.9 Å². The number of phenolic OH excluding ortho intramolecular Hbond substituents is 1. The number of nitrogens with one attached hydrogen (secondary N) is 1. The molecule has 1 aromatic rings. The van der Waals surface area contributed by atoms with Crippen LogP contribution in [0.25, 0.3) is 0 Å². The first-order valence-electron chi connectivity index (χ1n) is 9.47. The SMILES string of the molecule is CCOC(=O)C1=C(C)NC2=C(C(=O)CC(C)(C)C2)[C@H]1c1cccc(OC)c1O. The van der Waals surface area contributed by atoms with E-state index in [1.807, 2.05) is 13.8 Å². The van der Waals surface area contributed by atoms with Gasteiger partial charge in [-0.15, -0.1) is 0 Å². The molecule has 0 spiro atoms. The summed E-state index contributed by atoms with van der Waals surface area (Å²) in [5, 5.41) is 14.0. The zero-order chi connectivity index (χ0) is 20.6. The van der Waals surface area contributed by atoms with Crippen LogP contribution in [0.3, 0.4) is 0 Å². The number of para-hydroxylation sites is 1. The lowest BCUT2D eigenvalue weighted by atomic mass is 9.68. The minimum absolute atomic E-state index is 0.0275. The highest BCUT2D eigenvalue weighted by Crippen LogP contribution is 2.49. The van der Waals surface area contributed by atoms with E-state index in [9.17, 15) is 14.7 Å². The number of carbonyl (C=O) groups excluding carboxylic acids is 2. The molecule has 1 aromatic carbocycles. The van der Waals surface area contributed by atoms with Gasteiger partial charge in [-0.2, -0.15) is 0 Å². The summed E-state index contributed by atoms with van der Waals surface area (Å²) in [5.74, 6) is -1.00. The van der Waals surface area contributed by atoms with Gasteiger partial charge in [-0.05, 0) is 31.7 Å².